The van der Waals surface area contributed by atoms with E-state index in [9.17, 15) is 4.79 Å². The first-order valence-corrected chi connectivity index (χ1v) is 9.94. The second kappa shape index (κ2) is 8.77. The second-order valence-corrected chi connectivity index (χ2v) is 7.07. The van der Waals surface area contributed by atoms with E-state index in [1.807, 2.05) is 54.6 Å². The number of benzene rings is 2. The van der Waals surface area contributed by atoms with E-state index in [-0.39, 0.29) is 6.03 Å². The molecule has 7 nitrogen and oxygen atoms in total. The molecular formula is C22H25N5O2. The van der Waals surface area contributed by atoms with Crippen LogP contribution in [0.4, 0.5) is 16.4 Å². The quantitative estimate of drug-likeness (QED) is 0.706. The van der Waals surface area contributed by atoms with E-state index >= 15 is 0 Å². The van der Waals surface area contributed by atoms with Crippen molar-refractivity contribution in [1.29, 1.82) is 0 Å². The van der Waals surface area contributed by atoms with Crippen molar-refractivity contribution in [3.8, 4) is 5.75 Å². The maximum atomic E-state index is 13.3. The summed E-state index contributed by atoms with van der Waals surface area (Å²) < 4.78 is 7.57. The number of anilines is 2. The number of fused-ring (bicyclic) bond motifs is 1. The van der Waals surface area contributed by atoms with E-state index in [0.717, 1.165) is 55.1 Å². The molecule has 0 saturated heterocycles. The first-order valence-electron chi connectivity index (χ1n) is 9.94. The third-order valence-electron chi connectivity index (χ3n) is 5.12. The van der Waals surface area contributed by atoms with Gasteiger partial charge in [-0.2, -0.15) is 0 Å². The molecule has 1 N–H and O–H groups in total. The van der Waals surface area contributed by atoms with Crippen LogP contribution in [-0.4, -0.2) is 27.9 Å². The average Bonchev–Trinajstić information content (AvgIpc) is 3.00. The molecule has 1 aliphatic rings. The number of aromatic nitrogens is 3. The zero-order valence-corrected chi connectivity index (χ0v) is 16.5. The summed E-state index contributed by atoms with van der Waals surface area (Å²) in [5.74, 6) is 2.25. The smallest absolute Gasteiger partial charge is 0.329 e. The Morgan fingerprint density at radius 1 is 1.07 bits per heavy atom. The van der Waals surface area contributed by atoms with Crippen molar-refractivity contribution in [1.82, 2.24) is 14.8 Å². The van der Waals surface area contributed by atoms with Crippen molar-refractivity contribution in [2.45, 2.75) is 38.8 Å². The van der Waals surface area contributed by atoms with Crippen molar-refractivity contribution in [2.75, 3.05) is 17.3 Å². The molecule has 1 aliphatic heterocycles. The van der Waals surface area contributed by atoms with Crippen LogP contribution in [0, 0.1) is 0 Å². The number of nitrogens with one attached hydrogen (secondary N) is 1. The van der Waals surface area contributed by atoms with Gasteiger partial charge in [-0.15, -0.1) is 10.2 Å². The molecule has 0 spiro atoms. The molecule has 3 aromatic rings. The molecule has 4 rings (SSSR count). The molecular weight excluding hydrogens is 366 g/mol. The molecule has 2 heterocycles. The summed E-state index contributed by atoms with van der Waals surface area (Å²) in [4.78, 5) is 14.9. The molecule has 0 unspecified atom stereocenters. The van der Waals surface area contributed by atoms with Crippen LogP contribution in [0.2, 0.25) is 0 Å². The van der Waals surface area contributed by atoms with Crippen LogP contribution in [0.25, 0.3) is 0 Å². The number of methoxy groups -OCH3 is 1. The van der Waals surface area contributed by atoms with Gasteiger partial charge in [0.2, 0.25) is 5.95 Å². The van der Waals surface area contributed by atoms with E-state index in [4.69, 9.17) is 4.74 Å². The molecule has 7 heteroatoms. The lowest BCUT2D eigenvalue weighted by Gasteiger charge is -2.23. The van der Waals surface area contributed by atoms with E-state index in [1.54, 1.807) is 12.0 Å². The Bertz CT molecular complexity index is 970. The van der Waals surface area contributed by atoms with Gasteiger partial charge in [-0.3, -0.25) is 9.47 Å². The van der Waals surface area contributed by atoms with Crippen LogP contribution < -0.4 is 15.0 Å². The minimum atomic E-state index is -0.249. The highest BCUT2D eigenvalue weighted by molar-refractivity contribution is 6.00. The van der Waals surface area contributed by atoms with Gasteiger partial charge in [-0.25, -0.2) is 4.79 Å². The lowest BCUT2D eigenvalue weighted by atomic mass is 10.2. The Labute approximate surface area is 170 Å². The van der Waals surface area contributed by atoms with Crippen molar-refractivity contribution >= 4 is 17.7 Å². The van der Waals surface area contributed by atoms with Crippen LogP contribution in [0.1, 0.15) is 30.7 Å². The molecule has 2 amide bonds. The number of hydrogen-bond donors (Lipinski definition) is 1. The van der Waals surface area contributed by atoms with Gasteiger partial charge in [-0.1, -0.05) is 42.8 Å². The number of aryl methyl sites for hydroxylation is 1. The number of hydrogen-bond acceptors (Lipinski definition) is 4. The first kappa shape index (κ1) is 19.0. The Balaban J connectivity index is 1.69. The summed E-state index contributed by atoms with van der Waals surface area (Å²) in [5, 5.41) is 11.7. The number of amides is 2. The van der Waals surface area contributed by atoms with Crippen LogP contribution in [0.5, 0.6) is 5.75 Å². The van der Waals surface area contributed by atoms with Gasteiger partial charge in [0.15, 0.2) is 0 Å². The molecule has 0 bridgehead atoms. The molecule has 0 aliphatic carbocycles. The predicted molar refractivity (Wildman–Crippen MR) is 112 cm³/mol. The summed E-state index contributed by atoms with van der Waals surface area (Å²) in [6.07, 6.45) is 4.20. The number of ether oxygens (including phenoxy) is 1. The molecule has 0 fully saturated rings. The van der Waals surface area contributed by atoms with Crippen LogP contribution in [0.15, 0.2) is 54.6 Å². The van der Waals surface area contributed by atoms with Crippen LogP contribution >= 0.6 is 0 Å². The highest BCUT2D eigenvalue weighted by Gasteiger charge is 2.26. The number of para-hydroxylation sites is 2. The standard InChI is InChI=1S/C22H25N5O2/c1-29-19-13-8-7-10-17(19)16-27(22(28)23-18-11-4-2-5-12-18)21-25-24-20-14-6-3-9-15-26(20)21/h2,4-5,7-8,10-13H,3,6,9,14-16H2,1H3,(H,23,28). The fourth-order valence-corrected chi connectivity index (χ4v) is 3.62. The summed E-state index contributed by atoms with van der Waals surface area (Å²) >= 11 is 0. The maximum absolute atomic E-state index is 13.3. The molecule has 29 heavy (non-hydrogen) atoms. The average molecular weight is 391 g/mol. The Hall–Kier alpha value is -3.35. The summed E-state index contributed by atoms with van der Waals surface area (Å²) in [6, 6.07) is 16.9. The summed E-state index contributed by atoms with van der Waals surface area (Å²) in [6.45, 7) is 1.15. The lowest BCUT2D eigenvalue weighted by Crippen LogP contribution is -2.36. The summed E-state index contributed by atoms with van der Waals surface area (Å²) in [7, 11) is 1.64. The summed E-state index contributed by atoms with van der Waals surface area (Å²) in [5.41, 5.74) is 1.64. The van der Waals surface area contributed by atoms with Gasteiger partial charge in [0.05, 0.1) is 13.7 Å². The predicted octanol–water partition coefficient (Wildman–Crippen LogP) is 4.25. The topological polar surface area (TPSA) is 72.3 Å². The van der Waals surface area contributed by atoms with Gasteiger partial charge in [0, 0.05) is 24.2 Å². The Kier molecular flexibility index (Phi) is 5.74. The van der Waals surface area contributed by atoms with E-state index in [2.05, 4.69) is 20.1 Å². The minimum absolute atomic E-state index is 0.249. The lowest BCUT2D eigenvalue weighted by molar-refractivity contribution is 0.256. The van der Waals surface area contributed by atoms with Gasteiger partial charge in [-0.05, 0) is 31.0 Å². The van der Waals surface area contributed by atoms with Crippen molar-refractivity contribution < 1.29 is 9.53 Å². The third-order valence-corrected chi connectivity index (χ3v) is 5.12. The fraction of sp³-hybridized carbons (Fsp3) is 0.318. The SMILES string of the molecule is COc1ccccc1CN(C(=O)Nc1ccccc1)c1nnc2n1CCCCC2. The zero-order valence-electron chi connectivity index (χ0n) is 16.5. The van der Waals surface area contributed by atoms with Crippen molar-refractivity contribution in [3.05, 3.63) is 66.0 Å². The van der Waals surface area contributed by atoms with Gasteiger partial charge < -0.3 is 10.1 Å². The Morgan fingerprint density at radius 3 is 2.69 bits per heavy atom. The molecule has 150 valence electrons. The zero-order chi connectivity index (χ0) is 20.1. The number of rotatable bonds is 5. The Morgan fingerprint density at radius 2 is 1.86 bits per heavy atom. The van der Waals surface area contributed by atoms with E-state index in [0.29, 0.717) is 12.5 Å². The fourth-order valence-electron chi connectivity index (χ4n) is 3.62. The largest absolute Gasteiger partial charge is 0.496 e. The number of nitrogens with zero attached hydrogens (tertiary/aromatic N) is 4. The molecule has 0 radical (unpaired) electrons. The van der Waals surface area contributed by atoms with Crippen molar-refractivity contribution in [2.24, 2.45) is 0 Å². The monoisotopic (exact) mass is 391 g/mol. The van der Waals surface area contributed by atoms with E-state index in [1.165, 1.54) is 0 Å². The van der Waals surface area contributed by atoms with Gasteiger partial charge in [0.1, 0.15) is 11.6 Å². The molecule has 0 saturated carbocycles. The van der Waals surface area contributed by atoms with Crippen molar-refractivity contribution in [3.63, 3.8) is 0 Å². The maximum Gasteiger partial charge on any atom is 0.329 e. The van der Waals surface area contributed by atoms with Crippen LogP contribution in [0.3, 0.4) is 0 Å². The van der Waals surface area contributed by atoms with E-state index < -0.39 is 0 Å². The molecule has 2 aromatic carbocycles. The number of urea groups is 1. The molecule has 1 aromatic heterocycles. The first-order chi connectivity index (χ1) is 14.3. The highest BCUT2D eigenvalue weighted by atomic mass is 16.5. The van der Waals surface area contributed by atoms with Crippen LogP contribution in [-0.2, 0) is 19.5 Å². The van der Waals surface area contributed by atoms with Gasteiger partial charge >= 0.3 is 6.03 Å². The highest BCUT2D eigenvalue weighted by Crippen LogP contribution is 2.26. The van der Waals surface area contributed by atoms with Gasteiger partial charge in [0.25, 0.3) is 0 Å². The molecule has 0 atom stereocenters. The number of carbonyl (C=O) groups is 1. The minimum Gasteiger partial charge on any atom is -0.496 e. The second-order valence-electron chi connectivity index (χ2n) is 7.07. The normalized spacial score (nSPS) is 13.3. The third kappa shape index (κ3) is 4.23. The number of carbonyl (C=O) groups excluding carboxylic acids is 1.